The van der Waals surface area contributed by atoms with Crippen LogP contribution in [0.25, 0.3) is 0 Å². The van der Waals surface area contributed by atoms with E-state index >= 15 is 0 Å². The molecule has 0 aromatic rings. The van der Waals surface area contributed by atoms with Crippen LogP contribution < -0.4 is 0 Å². The van der Waals surface area contributed by atoms with Crippen LogP contribution >= 0.6 is 8.58 Å². The van der Waals surface area contributed by atoms with Crippen molar-refractivity contribution in [3.8, 4) is 0 Å². The van der Waals surface area contributed by atoms with E-state index in [2.05, 4.69) is 20.8 Å². The Bertz CT molecular complexity index is 190. The molecule has 1 heteroatoms. The molecule has 0 rings (SSSR count). The Kier molecular flexibility index (Phi) is 19.9. The zero-order chi connectivity index (χ0) is 16.3. The van der Waals surface area contributed by atoms with Gasteiger partial charge in [0.25, 0.3) is 0 Å². The van der Waals surface area contributed by atoms with E-state index in [1.165, 1.54) is 117 Å². The first kappa shape index (κ1) is 22.4. The van der Waals surface area contributed by atoms with Crippen LogP contribution in [0.15, 0.2) is 0 Å². The van der Waals surface area contributed by atoms with Crippen LogP contribution in [-0.4, -0.2) is 12.3 Å². The first-order chi connectivity index (χ1) is 10.8. The van der Waals surface area contributed by atoms with E-state index in [1.807, 2.05) is 0 Å². The van der Waals surface area contributed by atoms with Crippen molar-refractivity contribution in [2.75, 3.05) is 12.3 Å². The van der Waals surface area contributed by atoms with Gasteiger partial charge in [0.05, 0.1) is 0 Å². The van der Waals surface area contributed by atoms with Crippen LogP contribution in [-0.2, 0) is 0 Å². The van der Waals surface area contributed by atoms with Crippen molar-refractivity contribution < 1.29 is 0 Å². The highest BCUT2D eigenvalue weighted by Crippen LogP contribution is 2.25. The standard InChI is InChI=1S/C21H45P/c1-4-7-9-11-12-14-17-21(16-6-3)18-20-22-19-15-13-10-8-5-2/h21-22H,4-20H2,1-3H3. The van der Waals surface area contributed by atoms with Crippen LogP contribution in [0.2, 0.25) is 0 Å². The number of hydrogen-bond acceptors (Lipinski definition) is 0. The van der Waals surface area contributed by atoms with Crippen LogP contribution in [0.1, 0.15) is 117 Å². The van der Waals surface area contributed by atoms with Gasteiger partial charge in [0.2, 0.25) is 0 Å². The van der Waals surface area contributed by atoms with Gasteiger partial charge in [-0.25, -0.2) is 0 Å². The average Bonchev–Trinajstić information content (AvgIpc) is 2.53. The minimum atomic E-state index is 1.05. The molecular weight excluding hydrogens is 283 g/mol. The van der Waals surface area contributed by atoms with Gasteiger partial charge >= 0.3 is 0 Å². The first-order valence-corrected chi connectivity index (χ1v) is 12.0. The third-order valence-corrected chi connectivity index (χ3v) is 6.20. The first-order valence-electron chi connectivity index (χ1n) is 10.6. The third-order valence-electron chi connectivity index (χ3n) is 4.85. The molecule has 0 fully saturated rings. The van der Waals surface area contributed by atoms with Crippen molar-refractivity contribution in [2.24, 2.45) is 5.92 Å². The Morgan fingerprint density at radius 2 is 1.09 bits per heavy atom. The molecule has 2 atom stereocenters. The van der Waals surface area contributed by atoms with Gasteiger partial charge in [-0.2, -0.15) is 0 Å². The lowest BCUT2D eigenvalue weighted by Gasteiger charge is -2.16. The maximum absolute atomic E-state index is 2.37. The predicted octanol–water partition coefficient (Wildman–Crippen LogP) is 8.19. The van der Waals surface area contributed by atoms with Crippen molar-refractivity contribution in [1.29, 1.82) is 0 Å². The lowest BCUT2D eigenvalue weighted by atomic mass is 9.94. The number of hydrogen-bond donors (Lipinski definition) is 0. The van der Waals surface area contributed by atoms with Crippen molar-refractivity contribution in [3.63, 3.8) is 0 Å². The molecule has 0 saturated heterocycles. The molecule has 0 radical (unpaired) electrons. The minimum absolute atomic E-state index is 1.05. The molecule has 0 aliphatic carbocycles. The lowest BCUT2D eigenvalue weighted by molar-refractivity contribution is 0.410. The van der Waals surface area contributed by atoms with Gasteiger partial charge in [-0.1, -0.05) is 104 Å². The van der Waals surface area contributed by atoms with Gasteiger partial charge in [-0.05, 0) is 31.1 Å². The summed E-state index contributed by atoms with van der Waals surface area (Å²) in [7, 11) is 1.25. The van der Waals surface area contributed by atoms with Crippen LogP contribution in [0.5, 0.6) is 0 Å². The smallest absolute Gasteiger partial charge is 0.0351 e. The molecule has 0 bridgehead atoms. The molecule has 0 spiro atoms. The van der Waals surface area contributed by atoms with Gasteiger partial charge in [0.1, 0.15) is 0 Å². The molecule has 0 heterocycles. The lowest BCUT2D eigenvalue weighted by Crippen LogP contribution is -2.02. The van der Waals surface area contributed by atoms with E-state index in [9.17, 15) is 0 Å². The van der Waals surface area contributed by atoms with E-state index in [0.717, 1.165) is 5.92 Å². The highest BCUT2D eigenvalue weighted by molar-refractivity contribution is 7.37. The second-order valence-corrected chi connectivity index (χ2v) is 8.66. The Morgan fingerprint density at radius 1 is 0.500 bits per heavy atom. The summed E-state index contributed by atoms with van der Waals surface area (Å²) in [6.07, 6.45) is 25.0. The average molecular weight is 329 g/mol. The van der Waals surface area contributed by atoms with Gasteiger partial charge in [-0.3, -0.25) is 0 Å². The molecule has 0 aromatic heterocycles. The summed E-state index contributed by atoms with van der Waals surface area (Å²) in [5, 5.41) is 0. The SMILES string of the molecule is CCCCCCCCC(CCC)CCPCCCCCCC. The summed E-state index contributed by atoms with van der Waals surface area (Å²) >= 11 is 0. The molecule has 0 nitrogen and oxygen atoms in total. The fraction of sp³-hybridized carbons (Fsp3) is 1.00. The summed E-state index contributed by atoms with van der Waals surface area (Å²) in [6, 6.07) is 0. The van der Waals surface area contributed by atoms with E-state index in [4.69, 9.17) is 0 Å². The second kappa shape index (κ2) is 19.5. The molecule has 134 valence electrons. The Balaban J connectivity index is 3.43. The van der Waals surface area contributed by atoms with Crippen LogP contribution in [0, 0.1) is 5.92 Å². The van der Waals surface area contributed by atoms with E-state index < -0.39 is 0 Å². The van der Waals surface area contributed by atoms with Crippen LogP contribution in [0.4, 0.5) is 0 Å². The fourth-order valence-electron chi connectivity index (χ4n) is 3.34. The Hall–Kier alpha value is 0.430. The molecule has 2 unspecified atom stereocenters. The van der Waals surface area contributed by atoms with Crippen LogP contribution in [0.3, 0.4) is 0 Å². The summed E-state index contributed by atoms with van der Waals surface area (Å²) in [5.74, 6) is 1.05. The van der Waals surface area contributed by atoms with Gasteiger partial charge in [0.15, 0.2) is 0 Å². The van der Waals surface area contributed by atoms with Crippen molar-refractivity contribution in [3.05, 3.63) is 0 Å². The fourth-order valence-corrected chi connectivity index (χ4v) is 4.70. The van der Waals surface area contributed by atoms with Crippen molar-refractivity contribution in [1.82, 2.24) is 0 Å². The molecule has 0 aromatic carbocycles. The second-order valence-electron chi connectivity index (χ2n) is 7.16. The van der Waals surface area contributed by atoms with E-state index in [-0.39, 0.29) is 0 Å². The molecule has 0 aliphatic rings. The molecule has 22 heavy (non-hydrogen) atoms. The summed E-state index contributed by atoms with van der Waals surface area (Å²) < 4.78 is 0. The van der Waals surface area contributed by atoms with E-state index in [1.54, 1.807) is 0 Å². The zero-order valence-electron chi connectivity index (χ0n) is 16.1. The third kappa shape index (κ3) is 16.8. The maximum atomic E-state index is 2.37. The molecular formula is C21H45P. The Morgan fingerprint density at radius 3 is 1.73 bits per heavy atom. The van der Waals surface area contributed by atoms with Crippen molar-refractivity contribution in [2.45, 2.75) is 117 Å². The molecule has 0 amide bonds. The van der Waals surface area contributed by atoms with Gasteiger partial charge < -0.3 is 0 Å². The zero-order valence-corrected chi connectivity index (χ0v) is 17.1. The summed E-state index contributed by atoms with van der Waals surface area (Å²) in [6.45, 7) is 6.98. The largest absolute Gasteiger partial charge is 0.122 e. The van der Waals surface area contributed by atoms with Crippen molar-refractivity contribution >= 4 is 8.58 Å². The quantitative estimate of drug-likeness (QED) is 0.176. The number of rotatable bonds is 18. The topological polar surface area (TPSA) is 0 Å². The minimum Gasteiger partial charge on any atom is -0.122 e. The normalized spacial score (nSPS) is 13.2. The summed E-state index contributed by atoms with van der Waals surface area (Å²) in [4.78, 5) is 0. The molecule has 0 saturated carbocycles. The van der Waals surface area contributed by atoms with Gasteiger partial charge in [0, 0.05) is 0 Å². The maximum Gasteiger partial charge on any atom is -0.0351 e. The molecule has 0 N–H and O–H groups in total. The highest BCUT2D eigenvalue weighted by Gasteiger charge is 2.07. The summed E-state index contributed by atoms with van der Waals surface area (Å²) in [5.41, 5.74) is 0. The Labute approximate surface area is 144 Å². The highest BCUT2D eigenvalue weighted by atomic mass is 31.1. The molecule has 0 aliphatic heterocycles. The van der Waals surface area contributed by atoms with Gasteiger partial charge in [-0.15, -0.1) is 8.58 Å². The van der Waals surface area contributed by atoms with E-state index in [0.29, 0.717) is 0 Å². The monoisotopic (exact) mass is 328 g/mol. The number of unbranched alkanes of at least 4 members (excludes halogenated alkanes) is 9. The predicted molar refractivity (Wildman–Crippen MR) is 108 cm³/mol.